The molecule has 0 aliphatic heterocycles. The largest absolute Gasteiger partial charge is 0.506 e. The minimum atomic E-state index is 0.112. The number of azo groups is 1. The fourth-order valence-corrected chi connectivity index (χ4v) is 2.06. The van der Waals surface area contributed by atoms with E-state index in [4.69, 9.17) is 11.6 Å². The van der Waals surface area contributed by atoms with Crippen LogP contribution in [0.25, 0.3) is 0 Å². The Bertz CT molecular complexity index is 656. The Kier molecular flexibility index (Phi) is 4.78. The minimum Gasteiger partial charge on any atom is -0.506 e. The molecule has 1 N–H and O–H groups in total. The predicted molar refractivity (Wildman–Crippen MR) is 85.5 cm³/mol. The molecular formula is C15H14BrClN2O. The van der Waals surface area contributed by atoms with Crippen LogP contribution >= 0.6 is 27.5 Å². The van der Waals surface area contributed by atoms with E-state index in [9.17, 15) is 5.11 Å². The quantitative estimate of drug-likeness (QED) is 0.642. The summed E-state index contributed by atoms with van der Waals surface area (Å²) >= 11 is 9.31. The number of halogens is 2. The number of phenols is 1. The average Bonchev–Trinajstić information content (AvgIpc) is 2.41. The second kappa shape index (κ2) is 6.37. The van der Waals surface area contributed by atoms with Crippen LogP contribution in [0.1, 0.15) is 25.3 Å². The Morgan fingerprint density at radius 3 is 2.50 bits per heavy atom. The van der Waals surface area contributed by atoms with E-state index in [-0.39, 0.29) is 5.75 Å². The monoisotopic (exact) mass is 352 g/mol. The third kappa shape index (κ3) is 3.58. The van der Waals surface area contributed by atoms with Crippen molar-refractivity contribution in [3.8, 4) is 5.75 Å². The van der Waals surface area contributed by atoms with Crippen LogP contribution in [0, 0.1) is 0 Å². The summed E-state index contributed by atoms with van der Waals surface area (Å²) in [6.07, 6.45) is 0. The van der Waals surface area contributed by atoms with Crippen molar-refractivity contribution in [2.24, 2.45) is 10.2 Å². The first-order valence-electron chi connectivity index (χ1n) is 6.17. The molecule has 0 amide bonds. The maximum Gasteiger partial charge on any atom is 0.143 e. The molecule has 2 rings (SSSR count). The molecule has 0 aromatic heterocycles. The maximum absolute atomic E-state index is 9.81. The summed E-state index contributed by atoms with van der Waals surface area (Å²) in [5.41, 5.74) is 2.19. The smallest absolute Gasteiger partial charge is 0.143 e. The molecule has 0 bridgehead atoms. The lowest BCUT2D eigenvalue weighted by atomic mass is 10.0. The van der Waals surface area contributed by atoms with Gasteiger partial charge in [0.05, 0.1) is 10.7 Å². The van der Waals surface area contributed by atoms with E-state index >= 15 is 0 Å². The Labute approximate surface area is 131 Å². The molecule has 20 heavy (non-hydrogen) atoms. The van der Waals surface area contributed by atoms with Crippen LogP contribution in [-0.4, -0.2) is 5.11 Å². The predicted octanol–water partition coefficient (Wildman–Crippen LogP) is 6.35. The molecule has 0 fully saturated rings. The standard InChI is InChI=1S/C15H14BrClN2O/c1-9(2)10-3-6-15(20)14(7-10)19-18-11-4-5-12(16)13(17)8-11/h3-9,20H,1-2H3. The lowest BCUT2D eigenvalue weighted by molar-refractivity contribution is 0.476. The maximum atomic E-state index is 9.81. The average molecular weight is 354 g/mol. The van der Waals surface area contributed by atoms with Gasteiger partial charge in [0.1, 0.15) is 11.4 Å². The van der Waals surface area contributed by atoms with Crippen LogP contribution in [-0.2, 0) is 0 Å². The Balaban J connectivity index is 2.30. The number of hydrogen-bond donors (Lipinski definition) is 1. The highest BCUT2D eigenvalue weighted by atomic mass is 79.9. The van der Waals surface area contributed by atoms with Crippen LogP contribution in [0.5, 0.6) is 5.75 Å². The first-order chi connectivity index (χ1) is 9.47. The van der Waals surface area contributed by atoms with Crippen molar-refractivity contribution in [3.63, 3.8) is 0 Å². The molecule has 0 saturated heterocycles. The van der Waals surface area contributed by atoms with Gasteiger partial charge in [-0.05, 0) is 57.7 Å². The van der Waals surface area contributed by atoms with Crippen LogP contribution in [0.4, 0.5) is 11.4 Å². The highest BCUT2D eigenvalue weighted by molar-refractivity contribution is 9.10. The van der Waals surface area contributed by atoms with Gasteiger partial charge >= 0.3 is 0 Å². The van der Waals surface area contributed by atoms with Crippen molar-refractivity contribution >= 4 is 38.9 Å². The first kappa shape index (κ1) is 15.0. The van der Waals surface area contributed by atoms with Gasteiger partial charge in [-0.2, -0.15) is 5.11 Å². The molecule has 0 heterocycles. The molecule has 0 spiro atoms. The van der Waals surface area contributed by atoms with Gasteiger partial charge in [0.2, 0.25) is 0 Å². The summed E-state index contributed by atoms with van der Waals surface area (Å²) in [5.74, 6) is 0.480. The van der Waals surface area contributed by atoms with Crippen molar-refractivity contribution in [2.75, 3.05) is 0 Å². The number of benzene rings is 2. The normalized spacial score (nSPS) is 11.4. The summed E-state index contributed by atoms with van der Waals surface area (Å²) in [4.78, 5) is 0. The molecule has 0 aliphatic carbocycles. The molecule has 0 unspecified atom stereocenters. The van der Waals surface area contributed by atoms with Gasteiger partial charge in [-0.3, -0.25) is 0 Å². The lowest BCUT2D eigenvalue weighted by Gasteiger charge is -2.06. The molecule has 0 saturated carbocycles. The van der Waals surface area contributed by atoms with Gasteiger partial charge in [0, 0.05) is 4.47 Å². The van der Waals surface area contributed by atoms with Crippen LogP contribution in [0.3, 0.4) is 0 Å². The van der Waals surface area contributed by atoms with Gasteiger partial charge in [0.15, 0.2) is 0 Å². The van der Waals surface area contributed by atoms with Crippen LogP contribution < -0.4 is 0 Å². The summed E-state index contributed by atoms with van der Waals surface area (Å²) in [6, 6.07) is 10.7. The number of nitrogens with zero attached hydrogens (tertiary/aromatic N) is 2. The van der Waals surface area contributed by atoms with Gasteiger partial charge in [-0.25, -0.2) is 0 Å². The van der Waals surface area contributed by atoms with Crippen molar-refractivity contribution in [3.05, 3.63) is 51.5 Å². The summed E-state index contributed by atoms with van der Waals surface area (Å²) in [5, 5.41) is 18.6. The van der Waals surface area contributed by atoms with E-state index in [1.165, 1.54) is 0 Å². The topological polar surface area (TPSA) is 45.0 Å². The number of rotatable bonds is 3. The molecule has 3 nitrogen and oxygen atoms in total. The summed E-state index contributed by atoms with van der Waals surface area (Å²) in [7, 11) is 0. The van der Waals surface area contributed by atoms with Crippen molar-refractivity contribution in [1.29, 1.82) is 0 Å². The first-order valence-corrected chi connectivity index (χ1v) is 7.34. The van der Waals surface area contributed by atoms with E-state index < -0.39 is 0 Å². The second-order valence-corrected chi connectivity index (χ2v) is 5.96. The molecular weight excluding hydrogens is 340 g/mol. The molecule has 0 atom stereocenters. The number of phenolic OH excluding ortho intramolecular Hbond substituents is 1. The second-order valence-electron chi connectivity index (χ2n) is 4.70. The third-order valence-corrected chi connectivity index (χ3v) is 4.08. The number of hydrogen-bond acceptors (Lipinski definition) is 3. The van der Waals surface area contributed by atoms with Crippen molar-refractivity contribution in [2.45, 2.75) is 19.8 Å². The molecule has 2 aromatic carbocycles. The fraction of sp³-hybridized carbons (Fsp3) is 0.200. The van der Waals surface area contributed by atoms with E-state index in [1.807, 2.05) is 12.1 Å². The molecule has 2 aromatic rings. The Hall–Kier alpha value is -1.39. The van der Waals surface area contributed by atoms with Gasteiger partial charge in [0.25, 0.3) is 0 Å². The van der Waals surface area contributed by atoms with Crippen LogP contribution in [0.15, 0.2) is 51.1 Å². The number of aromatic hydroxyl groups is 1. The third-order valence-electron chi connectivity index (χ3n) is 2.84. The van der Waals surface area contributed by atoms with E-state index in [0.717, 1.165) is 10.0 Å². The fourth-order valence-electron chi connectivity index (χ4n) is 1.64. The highest BCUT2D eigenvalue weighted by Crippen LogP contribution is 2.32. The lowest BCUT2D eigenvalue weighted by Crippen LogP contribution is -1.85. The van der Waals surface area contributed by atoms with Crippen LogP contribution in [0.2, 0.25) is 5.02 Å². The van der Waals surface area contributed by atoms with E-state index in [0.29, 0.717) is 22.3 Å². The molecule has 0 radical (unpaired) electrons. The summed E-state index contributed by atoms with van der Waals surface area (Å²) in [6.45, 7) is 4.17. The highest BCUT2D eigenvalue weighted by Gasteiger charge is 2.05. The zero-order valence-corrected chi connectivity index (χ0v) is 13.5. The van der Waals surface area contributed by atoms with Crippen molar-refractivity contribution < 1.29 is 5.11 Å². The summed E-state index contributed by atoms with van der Waals surface area (Å²) < 4.78 is 0.808. The minimum absolute atomic E-state index is 0.112. The van der Waals surface area contributed by atoms with Gasteiger partial charge in [-0.15, -0.1) is 5.11 Å². The van der Waals surface area contributed by atoms with E-state index in [1.54, 1.807) is 24.3 Å². The Morgan fingerprint density at radius 2 is 1.85 bits per heavy atom. The van der Waals surface area contributed by atoms with Crippen molar-refractivity contribution in [1.82, 2.24) is 0 Å². The molecule has 104 valence electrons. The van der Waals surface area contributed by atoms with Gasteiger partial charge < -0.3 is 5.11 Å². The molecule has 5 heteroatoms. The van der Waals surface area contributed by atoms with Gasteiger partial charge in [-0.1, -0.05) is 31.5 Å². The molecule has 0 aliphatic rings. The Morgan fingerprint density at radius 1 is 1.10 bits per heavy atom. The van der Waals surface area contributed by atoms with E-state index in [2.05, 4.69) is 40.0 Å². The zero-order valence-electron chi connectivity index (χ0n) is 11.1. The SMILES string of the molecule is CC(C)c1ccc(O)c(N=Nc2ccc(Br)c(Cl)c2)c1. The zero-order chi connectivity index (χ0) is 14.7.